The molecule has 0 unspecified atom stereocenters. The lowest BCUT2D eigenvalue weighted by Gasteiger charge is -2.22. The highest BCUT2D eigenvalue weighted by molar-refractivity contribution is 14.1. The van der Waals surface area contributed by atoms with Gasteiger partial charge in [0.05, 0.1) is 25.6 Å². The zero-order valence-corrected chi connectivity index (χ0v) is 16.1. The van der Waals surface area contributed by atoms with Crippen molar-refractivity contribution >= 4 is 40.2 Å². The predicted molar refractivity (Wildman–Crippen MR) is 107 cm³/mol. The van der Waals surface area contributed by atoms with Crippen LogP contribution < -0.4 is 14.4 Å². The van der Waals surface area contributed by atoms with E-state index >= 15 is 0 Å². The Labute approximate surface area is 156 Å². The monoisotopic (exact) mass is 436 g/mol. The van der Waals surface area contributed by atoms with E-state index in [4.69, 9.17) is 9.47 Å². The molecule has 0 radical (unpaired) electrons. The molecule has 0 N–H and O–H groups in total. The van der Waals surface area contributed by atoms with Crippen LogP contribution in [0.15, 0.2) is 41.4 Å². The molecule has 1 aliphatic heterocycles. The maximum Gasteiger partial charge on any atom is 0.143 e. The van der Waals surface area contributed by atoms with Crippen molar-refractivity contribution in [1.82, 2.24) is 0 Å². The largest absolute Gasteiger partial charge is 0.496 e. The van der Waals surface area contributed by atoms with Crippen molar-refractivity contribution in [2.45, 2.75) is 12.8 Å². The maximum atomic E-state index is 5.61. The van der Waals surface area contributed by atoms with Crippen molar-refractivity contribution in [3.8, 4) is 11.5 Å². The van der Waals surface area contributed by atoms with Crippen LogP contribution in [0.5, 0.6) is 11.5 Å². The third kappa shape index (κ3) is 3.66. The fraction of sp³-hybridized carbons (Fsp3) is 0.316. The Bertz CT molecular complexity index is 740. The molecule has 1 fully saturated rings. The van der Waals surface area contributed by atoms with Gasteiger partial charge in [-0.15, -0.1) is 0 Å². The zero-order chi connectivity index (χ0) is 16.9. The summed E-state index contributed by atoms with van der Waals surface area (Å²) in [6.45, 7) is 2.13. The molecule has 2 aromatic rings. The maximum absolute atomic E-state index is 5.61. The highest BCUT2D eigenvalue weighted by Crippen LogP contribution is 2.36. The third-order valence-electron chi connectivity index (χ3n) is 4.17. The lowest BCUT2D eigenvalue weighted by Crippen LogP contribution is -2.18. The van der Waals surface area contributed by atoms with E-state index in [-0.39, 0.29) is 0 Å². The van der Waals surface area contributed by atoms with Crippen molar-refractivity contribution in [3.63, 3.8) is 0 Å². The van der Waals surface area contributed by atoms with E-state index in [0.29, 0.717) is 0 Å². The van der Waals surface area contributed by atoms with E-state index < -0.39 is 0 Å². The second kappa shape index (κ2) is 7.88. The summed E-state index contributed by atoms with van der Waals surface area (Å²) in [5, 5.41) is 0. The summed E-state index contributed by atoms with van der Waals surface area (Å²) in [6, 6.07) is 12.1. The second-order valence-electron chi connectivity index (χ2n) is 5.67. The van der Waals surface area contributed by atoms with Crippen LogP contribution in [0.3, 0.4) is 0 Å². The number of nitrogens with zero attached hydrogens (tertiary/aromatic N) is 2. The van der Waals surface area contributed by atoms with Gasteiger partial charge >= 0.3 is 0 Å². The van der Waals surface area contributed by atoms with Gasteiger partial charge in [-0.3, -0.25) is 4.99 Å². The molecule has 0 spiro atoms. The Balaban J connectivity index is 1.96. The van der Waals surface area contributed by atoms with Gasteiger partial charge in [-0.2, -0.15) is 0 Å². The number of para-hydroxylation sites is 1. The van der Waals surface area contributed by atoms with E-state index in [0.717, 1.165) is 45.1 Å². The fourth-order valence-corrected chi connectivity index (χ4v) is 3.43. The molecule has 1 heterocycles. The lowest BCUT2D eigenvalue weighted by atomic mass is 10.1. The molecule has 5 heteroatoms. The fourth-order valence-electron chi connectivity index (χ4n) is 2.91. The Morgan fingerprint density at radius 1 is 1.04 bits per heavy atom. The number of rotatable bonds is 5. The predicted octanol–water partition coefficient (Wildman–Crippen LogP) is 4.66. The third-order valence-corrected chi connectivity index (χ3v) is 5.09. The molecule has 0 atom stereocenters. The van der Waals surface area contributed by atoms with Crippen LogP contribution in [0.25, 0.3) is 0 Å². The standard InChI is InChI=1S/C19H21IN2O2/c1-23-18-12-17(22-9-5-6-10-22)19(24-2)11-14(18)13-21-16-8-4-3-7-15(16)20/h3-4,7-8,11-13H,5-6,9-10H2,1-2H3. The molecular formula is C19H21IN2O2. The molecule has 126 valence electrons. The van der Waals surface area contributed by atoms with Crippen molar-refractivity contribution < 1.29 is 9.47 Å². The van der Waals surface area contributed by atoms with Crippen LogP contribution >= 0.6 is 22.6 Å². The molecule has 24 heavy (non-hydrogen) atoms. The Hall–Kier alpha value is -1.76. The smallest absolute Gasteiger partial charge is 0.143 e. The Morgan fingerprint density at radius 3 is 2.42 bits per heavy atom. The molecule has 4 nitrogen and oxygen atoms in total. The molecule has 0 aliphatic carbocycles. The molecule has 0 saturated carbocycles. The minimum Gasteiger partial charge on any atom is -0.496 e. The molecule has 2 aromatic carbocycles. The van der Waals surface area contributed by atoms with Gasteiger partial charge in [-0.05, 0) is 53.6 Å². The molecule has 0 amide bonds. The summed E-state index contributed by atoms with van der Waals surface area (Å²) in [6.07, 6.45) is 4.29. The Kier molecular flexibility index (Phi) is 5.60. The van der Waals surface area contributed by atoms with Crippen LogP contribution in [0.2, 0.25) is 0 Å². The number of hydrogen-bond acceptors (Lipinski definition) is 4. The summed E-state index contributed by atoms with van der Waals surface area (Å²) in [4.78, 5) is 6.96. The molecular weight excluding hydrogens is 415 g/mol. The summed E-state index contributed by atoms with van der Waals surface area (Å²) >= 11 is 2.29. The van der Waals surface area contributed by atoms with Crippen molar-refractivity contribution in [1.29, 1.82) is 0 Å². The zero-order valence-electron chi connectivity index (χ0n) is 14.0. The normalized spacial score (nSPS) is 14.4. The van der Waals surface area contributed by atoms with Crippen molar-refractivity contribution in [2.24, 2.45) is 4.99 Å². The average Bonchev–Trinajstić information content (AvgIpc) is 3.14. The number of anilines is 1. The quantitative estimate of drug-likeness (QED) is 0.505. The molecule has 3 rings (SSSR count). The van der Waals surface area contributed by atoms with Gasteiger partial charge in [0.15, 0.2) is 0 Å². The minimum atomic E-state index is 0.812. The van der Waals surface area contributed by atoms with Gasteiger partial charge in [0.1, 0.15) is 11.5 Å². The summed E-state index contributed by atoms with van der Waals surface area (Å²) in [5.41, 5.74) is 2.96. The molecule has 1 saturated heterocycles. The SMILES string of the molecule is COc1cc(N2CCCC2)c(OC)cc1C=Nc1ccccc1I. The first-order chi connectivity index (χ1) is 11.7. The van der Waals surface area contributed by atoms with Gasteiger partial charge in [0, 0.05) is 34.5 Å². The molecule has 0 aromatic heterocycles. The van der Waals surface area contributed by atoms with Crippen LogP contribution in [0, 0.1) is 3.57 Å². The van der Waals surface area contributed by atoms with Crippen LogP contribution in [0.4, 0.5) is 11.4 Å². The Morgan fingerprint density at radius 2 is 1.75 bits per heavy atom. The van der Waals surface area contributed by atoms with E-state index in [9.17, 15) is 0 Å². The van der Waals surface area contributed by atoms with E-state index in [2.05, 4.69) is 38.5 Å². The number of halogens is 1. The van der Waals surface area contributed by atoms with Gasteiger partial charge in [0.25, 0.3) is 0 Å². The van der Waals surface area contributed by atoms with Crippen molar-refractivity contribution in [3.05, 3.63) is 45.5 Å². The number of benzene rings is 2. The van der Waals surface area contributed by atoms with Crippen LogP contribution in [0.1, 0.15) is 18.4 Å². The first-order valence-corrected chi connectivity index (χ1v) is 9.10. The first kappa shape index (κ1) is 17.1. The topological polar surface area (TPSA) is 34.1 Å². The van der Waals surface area contributed by atoms with E-state index in [1.807, 2.05) is 36.5 Å². The van der Waals surface area contributed by atoms with E-state index in [1.54, 1.807) is 14.2 Å². The molecule has 1 aliphatic rings. The highest BCUT2D eigenvalue weighted by Gasteiger charge is 2.19. The summed E-state index contributed by atoms with van der Waals surface area (Å²) in [5.74, 6) is 1.68. The minimum absolute atomic E-state index is 0.812. The number of aliphatic imine (C=N–C) groups is 1. The van der Waals surface area contributed by atoms with Gasteiger partial charge in [0.2, 0.25) is 0 Å². The van der Waals surface area contributed by atoms with Crippen LogP contribution in [-0.4, -0.2) is 33.5 Å². The average molecular weight is 436 g/mol. The first-order valence-electron chi connectivity index (χ1n) is 8.02. The highest BCUT2D eigenvalue weighted by atomic mass is 127. The number of methoxy groups -OCH3 is 2. The second-order valence-corrected chi connectivity index (χ2v) is 6.83. The summed E-state index contributed by atoms with van der Waals surface area (Å²) < 4.78 is 12.3. The van der Waals surface area contributed by atoms with Gasteiger partial charge in [-0.25, -0.2) is 0 Å². The summed E-state index contributed by atoms with van der Waals surface area (Å²) in [7, 11) is 3.40. The molecule has 0 bridgehead atoms. The number of hydrogen-bond donors (Lipinski definition) is 0. The van der Waals surface area contributed by atoms with Crippen LogP contribution in [-0.2, 0) is 0 Å². The lowest BCUT2D eigenvalue weighted by molar-refractivity contribution is 0.402. The van der Waals surface area contributed by atoms with Crippen molar-refractivity contribution in [2.75, 3.05) is 32.2 Å². The van der Waals surface area contributed by atoms with E-state index in [1.165, 1.54) is 12.8 Å². The number of ether oxygens (including phenoxy) is 2. The van der Waals surface area contributed by atoms with Gasteiger partial charge < -0.3 is 14.4 Å². The van der Waals surface area contributed by atoms with Gasteiger partial charge in [-0.1, -0.05) is 12.1 Å².